The van der Waals surface area contributed by atoms with Crippen molar-refractivity contribution in [2.45, 2.75) is 32.2 Å². The zero-order chi connectivity index (χ0) is 16.1. The third-order valence-electron chi connectivity index (χ3n) is 4.47. The molecule has 4 nitrogen and oxygen atoms in total. The molecular weight excluding hydrogens is 306 g/mol. The maximum atomic E-state index is 12.2. The first kappa shape index (κ1) is 16.1. The molecule has 1 atom stereocenters. The van der Waals surface area contributed by atoms with Crippen molar-refractivity contribution in [3.63, 3.8) is 0 Å². The molecule has 0 bridgehead atoms. The van der Waals surface area contributed by atoms with Crippen LogP contribution in [-0.4, -0.2) is 41.5 Å². The normalized spacial score (nSPS) is 18.7. The first-order valence-corrected chi connectivity index (χ1v) is 9.19. The van der Waals surface area contributed by atoms with Crippen LogP contribution in [0.2, 0.25) is 0 Å². The number of hydrogen-bond donors (Lipinski definition) is 1. The van der Waals surface area contributed by atoms with Gasteiger partial charge in [0.05, 0.1) is 11.3 Å². The van der Waals surface area contributed by atoms with Crippen molar-refractivity contribution in [2.24, 2.45) is 0 Å². The van der Waals surface area contributed by atoms with E-state index in [1.807, 2.05) is 23.6 Å². The van der Waals surface area contributed by atoms with Gasteiger partial charge in [-0.3, -0.25) is 14.7 Å². The van der Waals surface area contributed by atoms with Crippen LogP contribution in [0.15, 0.2) is 35.2 Å². The summed E-state index contributed by atoms with van der Waals surface area (Å²) in [7, 11) is 0. The highest BCUT2D eigenvalue weighted by molar-refractivity contribution is 7.08. The van der Waals surface area contributed by atoms with Crippen molar-refractivity contribution in [3.05, 3.63) is 40.7 Å². The van der Waals surface area contributed by atoms with Crippen molar-refractivity contribution >= 4 is 17.2 Å². The molecular formula is C18H23N3OS. The minimum absolute atomic E-state index is 0.0426. The zero-order valence-electron chi connectivity index (χ0n) is 13.5. The highest BCUT2D eigenvalue weighted by Gasteiger charge is 2.17. The number of nitrogens with one attached hydrogen (secondary N) is 1. The molecule has 1 amide bonds. The van der Waals surface area contributed by atoms with Gasteiger partial charge in [0.25, 0.3) is 5.91 Å². The van der Waals surface area contributed by atoms with E-state index in [-0.39, 0.29) is 5.91 Å². The second kappa shape index (κ2) is 7.70. The number of hydrogen-bond acceptors (Lipinski definition) is 4. The number of nitrogens with zero attached hydrogens (tertiary/aromatic N) is 2. The van der Waals surface area contributed by atoms with Crippen LogP contribution in [0.3, 0.4) is 0 Å². The molecule has 2 aromatic rings. The third-order valence-corrected chi connectivity index (χ3v) is 5.15. The van der Waals surface area contributed by atoms with Crippen molar-refractivity contribution in [3.8, 4) is 11.3 Å². The average Bonchev–Trinajstić information content (AvgIpc) is 3.11. The fourth-order valence-corrected chi connectivity index (χ4v) is 3.66. The van der Waals surface area contributed by atoms with Crippen LogP contribution in [-0.2, 0) is 0 Å². The minimum atomic E-state index is -0.0426. The average molecular weight is 329 g/mol. The summed E-state index contributed by atoms with van der Waals surface area (Å²) in [5, 5.41) is 7.09. The highest BCUT2D eigenvalue weighted by atomic mass is 32.1. The molecule has 2 aromatic heterocycles. The number of rotatable bonds is 5. The standard InChI is InChI=1S/C18H23N3OS/c1-14-4-2-3-9-21(14)10-8-19-18(22)15-5-6-17(20-12-15)16-7-11-23-13-16/h5-7,11-14H,2-4,8-10H2,1H3,(H,19,22)/t14-/m0/s1. The van der Waals surface area contributed by atoms with E-state index in [4.69, 9.17) is 0 Å². The molecule has 1 aliphatic heterocycles. The summed E-state index contributed by atoms with van der Waals surface area (Å²) >= 11 is 1.65. The van der Waals surface area contributed by atoms with Crippen molar-refractivity contribution in [2.75, 3.05) is 19.6 Å². The molecule has 0 radical (unpaired) electrons. The van der Waals surface area contributed by atoms with Crippen molar-refractivity contribution in [1.82, 2.24) is 15.2 Å². The summed E-state index contributed by atoms with van der Waals surface area (Å²) in [6.07, 6.45) is 5.52. The lowest BCUT2D eigenvalue weighted by Crippen LogP contribution is -2.42. The van der Waals surface area contributed by atoms with Gasteiger partial charge in [-0.05, 0) is 49.9 Å². The highest BCUT2D eigenvalue weighted by Crippen LogP contribution is 2.19. The summed E-state index contributed by atoms with van der Waals surface area (Å²) in [5.74, 6) is -0.0426. The quantitative estimate of drug-likeness (QED) is 0.914. The maximum Gasteiger partial charge on any atom is 0.252 e. The van der Waals surface area contributed by atoms with Crippen LogP contribution in [0.1, 0.15) is 36.5 Å². The number of likely N-dealkylation sites (tertiary alicyclic amines) is 1. The first-order valence-electron chi connectivity index (χ1n) is 8.25. The van der Waals surface area contributed by atoms with Gasteiger partial charge in [0, 0.05) is 36.3 Å². The van der Waals surface area contributed by atoms with Crippen molar-refractivity contribution < 1.29 is 4.79 Å². The smallest absolute Gasteiger partial charge is 0.252 e. The Labute approximate surface area is 141 Å². The van der Waals surface area contributed by atoms with Gasteiger partial charge in [-0.15, -0.1) is 0 Å². The lowest BCUT2D eigenvalue weighted by Gasteiger charge is -2.33. The molecule has 1 aliphatic rings. The Morgan fingerprint density at radius 3 is 3.00 bits per heavy atom. The molecule has 5 heteroatoms. The van der Waals surface area contributed by atoms with E-state index < -0.39 is 0 Å². The Bertz CT molecular complexity index is 624. The topological polar surface area (TPSA) is 45.2 Å². The fraction of sp³-hybridized carbons (Fsp3) is 0.444. The number of pyridine rings is 1. The molecule has 0 spiro atoms. The van der Waals surface area contributed by atoms with E-state index in [1.165, 1.54) is 19.3 Å². The van der Waals surface area contributed by atoms with E-state index in [1.54, 1.807) is 17.5 Å². The number of carbonyl (C=O) groups is 1. The van der Waals surface area contributed by atoms with E-state index in [0.717, 1.165) is 24.3 Å². The van der Waals surface area contributed by atoms with Gasteiger partial charge in [0.15, 0.2) is 0 Å². The van der Waals surface area contributed by atoms with E-state index in [9.17, 15) is 4.79 Å². The molecule has 1 fully saturated rings. The molecule has 1 saturated heterocycles. The third kappa shape index (κ3) is 4.18. The second-order valence-corrected chi connectivity index (χ2v) is 6.86. The van der Waals surface area contributed by atoms with Crippen molar-refractivity contribution in [1.29, 1.82) is 0 Å². The Kier molecular flexibility index (Phi) is 5.41. The maximum absolute atomic E-state index is 12.2. The number of amides is 1. The van der Waals surface area contributed by atoms with Gasteiger partial charge in [-0.1, -0.05) is 6.42 Å². The molecule has 1 N–H and O–H groups in total. The molecule has 0 saturated carbocycles. The molecule has 3 heterocycles. The Morgan fingerprint density at radius 2 is 2.30 bits per heavy atom. The van der Waals surface area contributed by atoms with E-state index in [2.05, 4.69) is 27.5 Å². The lowest BCUT2D eigenvalue weighted by molar-refractivity contribution is 0.0938. The summed E-state index contributed by atoms with van der Waals surface area (Å²) in [4.78, 5) is 19.0. The Morgan fingerprint density at radius 1 is 1.39 bits per heavy atom. The molecule has 122 valence electrons. The largest absolute Gasteiger partial charge is 0.351 e. The minimum Gasteiger partial charge on any atom is -0.351 e. The van der Waals surface area contributed by atoms with Gasteiger partial charge in [-0.25, -0.2) is 0 Å². The fourth-order valence-electron chi connectivity index (χ4n) is 3.01. The van der Waals surface area contributed by atoms with Crippen LogP contribution >= 0.6 is 11.3 Å². The van der Waals surface area contributed by atoms with Crippen LogP contribution in [0.5, 0.6) is 0 Å². The van der Waals surface area contributed by atoms with Crippen LogP contribution in [0, 0.1) is 0 Å². The Balaban J connectivity index is 1.50. The molecule has 0 unspecified atom stereocenters. The predicted octanol–water partition coefficient (Wildman–Crippen LogP) is 3.41. The number of aromatic nitrogens is 1. The van der Waals surface area contributed by atoms with E-state index >= 15 is 0 Å². The molecule has 0 aromatic carbocycles. The summed E-state index contributed by atoms with van der Waals surface area (Å²) in [6.45, 7) is 5.03. The van der Waals surface area contributed by atoms with E-state index in [0.29, 0.717) is 18.2 Å². The molecule has 0 aliphatic carbocycles. The van der Waals surface area contributed by atoms with Crippen LogP contribution < -0.4 is 5.32 Å². The van der Waals surface area contributed by atoms with Crippen LogP contribution in [0.25, 0.3) is 11.3 Å². The zero-order valence-corrected chi connectivity index (χ0v) is 14.3. The van der Waals surface area contributed by atoms with Gasteiger partial charge >= 0.3 is 0 Å². The summed E-state index contributed by atoms with van der Waals surface area (Å²) in [6, 6.07) is 6.42. The van der Waals surface area contributed by atoms with Crippen LogP contribution in [0.4, 0.5) is 0 Å². The predicted molar refractivity (Wildman–Crippen MR) is 94.8 cm³/mol. The monoisotopic (exact) mass is 329 g/mol. The Hall–Kier alpha value is -1.72. The second-order valence-electron chi connectivity index (χ2n) is 6.08. The van der Waals surface area contributed by atoms with Gasteiger partial charge in [-0.2, -0.15) is 11.3 Å². The number of piperidine rings is 1. The lowest BCUT2D eigenvalue weighted by atomic mass is 10.0. The van der Waals surface area contributed by atoms with Gasteiger partial charge < -0.3 is 5.32 Å². The van der Waals surface area contributed by atoms with Gasteiger partial charge in [0.2, 0.25) is 0 Å². The number of carbonyl (C=O) groups excluding carboxylic acids is 1. The SMILES string of the molecule is C[C@H]1CCCCN1CCNC(=O)c1ccc(-c2ccsc2)nc1. The first-order chi connectivity index (χ1) is 11.2. The summed E-state index contributed by atoms with van der Waals surface area (Å²) in [5.41, 5.74) is 2.63. The van der Waals surface area contributed by atoms with Gasteiger partial charge in [0.1, 0.15) is 0 Å². The molecule has 3 rings (SSSR count). The summed E-state index contributed by atoms with van der Waals surface area (Å²) < 4.78 is 0. The number of thiophene rings is 1. The molecule has 23 heavy (non-hydrogen) atoms.